The van der Waals surface area contributed by atoms with Crippen LogP contribution in [0, 0.1) is 0 Å². The van der Waals surface area contributed by atoms with Gasteiger partial charge in [0.15, 0.2) is 6.10 Å². The highest BCUT2D eigenvalue weighted by Gasteiger charge is 2.17. The lowest BCUT2D eigenvalue weighted by Crippen LogP contribution is -2.36. The Labute approximate surface area is 163 Å². The molecule has 1 atom stereocenters. The van der Waals surface area contributed by atoms with Crippen LogP contribution in [0.5, 0.6) is 5.75 Å². The molecule has 0 aliphatic rings. The predicted molar refractivity (Wildman–Crippen MR) is 111 cm³/mol. The number of hydrogen-bond donors (Lipinski definition) is 1. The van der Waals surface area contributed by atoms with Gasteiger partial charge in [-0.1, -0.05) is 57.2 Å². The zero-order valence-electron chi connectivity index (χ0n) is 17.4. The summed E-state index contributed by atoms with van der Waals surface area (Å²) in [6, 6.07) is 16.1. The number of rotatable bonds is 7. The van der Waals surface area contributed by atoms with Gasteiger partial charge in [-0.25, -0.2) is 0 Å². The van der Waals surface area contributed by atoms with Crippen molar-refractivity contribution in [2.45, 2.75) is 52.3 Å². The van der Waals surface area contributed by atoms with Crippen LogP contribution in [0.1, 0.15) is 44.4 Å². The van der Waals surface area contributed by atoms with Crippen LogP contribution in [0.3, 0.4) is 0 Å². The highest BCUT2D eigenvalue weighted by Crippen LogP contribution is 2.24. The molecule has 0 spiro atoms. The van der Waals surface area contributed by atoms with Gasteiger partial charge in [0.1, 0.15) is 5.75 Å². The van der Waals surface area contributed by atoms with Crippen LogP contribution < -0.4 is 10.1 Å². The standard InChI is InChI=1S/C23H32N2O2/c1-17(27-21-13-11-20(12-14-21)23(2,3)4)22(26)24-15-18-9-7-8-10-19(18)16-25(5)6/h7-14,17H,15-16H2,1-6H3,(H,24,26)/t17-/m1/s1. The molecule has 0 aliphatic carbocycles. The lowest BCUT2D eigenvalue weighted by molar-refractivity contribution is -0.127. The Bertz CT molecular complexity index is 746. The molecule has 2 rings (SSSR count). The quantitative estimate of drug-likeness (QED) is 0.799. The first-order valence-corrected chi connectivity index (χ1v) is 9.43. The van der Waals surface area contributed by atoms with E-state index in [1.165, 1.54) is 11.1 Å². The van der Waals surface area contributed by atoms with Crippen molar-refractivity contribution >= 4 is 5.91 Å². The van der Waals surface area contributed by atoms with Crippen LogP contribution in [0.4, 0.5) is 0 Å². The largest absolute Gasteiger partial charge is 0.481 e. The summed E-state index contributed by atoms with van der Waals surface area (Å²) in [7, 11) is 4.08. The summed E-state index contributed by atoms with van der Waals surface area (Å²) >= 11 is 0. The van der Waals surface area contributed by atoms with E-state index >= 15 is 0 Å². The van der Waals surface area contributed by atoms with Crippen molar-refractivity contribution in [1.82, 2.24) is 10.2 Å². The highest BCUT2D eigenvalue weighted by molar-refractivity contribution is 5.80. The second-order valence-corrected chi connectivity index (χ2v) is 8.26. The van der Waals surface area contributed by atoms with Crippen molar-refractivity contribution < 1.29 is 9.53 Å². The van der Waals surface area contributed by atoms with Crippen LogP contribution in [-0.2, 0) is 23.3 Å². The van der Waals surface area contributed by atoms with Gasteiger partial charge in [0, 0.05) is 13.1 Å². The maximum absolute atomic E-state index is 12.4. The lowest BCUT2D eigenvalue weighted by atomic mass is 9.87. The Kier molecular flexibility index (Phi) is 7.03. The monoisotopic (exact) mass is 368 g/mol. The molecule has 27 heavy (non-hydrogen) atoms. The molecule has 2 aromatic rings. The second kappa shape index (κ2) is 9.05. The predicted octanol–water partition coefficient (Wildman–Crippen LogP) is 4.13. The Hall–Kier alpha value is -2.33. The molecule has 0 saturated carbocycles. The number of nitrogens with zero attached hydrogens (tertiary/aromatic N) is 1. The van der Waals surface area contributed by atoms with E-state index in [-0.39, 0.29) is 11.3 Å². The van der Waals surface area contributed by atoms with Crippen molar-refractivity contribution in [2.24, 2.45) is 0 Å². The van der Waals surface area contributed by atoms with Crippen molar-refractivity contribution in [3.8, 4) is 5.75 Å². The minimum Gasteiger partial charge on any atom is -0.481 e. The molecule has 0 saturated heterocycles. The summed E-state index contributed by atoms with van der Waals surface area (Å²) in [6.45, 7) is 9.64. The van der Waals surface area contributed by atoms with Gasteiger partial charge < -0.3 is 15.0 Å². The molecule has 0 aliphatic heterocycles. The molecule has 1 amide bonds. The fraction of sp³-hybridized carbons (Fsp3) is 0.435. The van der Waals surface area contributed by atoms with Gasteiger partial charge in [-0.3, -0.25) is 4.79 Å². The molecule has 4 heteroatoms. The highest BCUT2D eigenvalue weighted by atomic mass is 16.5. The number of hydrogen-bond acceptors (Lipinski definition) is 3. The fourth-order valence-electron chi connectivity index (χ4n) is 2.84. The van der Waals surface area contributed by atoms with Crippen LogP contribution in [0.15, 0.2) is 48.5 Å². The maximum atomic E-state index is 12.4. The van der Waals surface area contributed by atoms with Gasteiger partial charge in [-0.05, 0) is 55.3 Å². The molecule has 0 fully saturated rings. The van der Waals surface area contributed by atoms with Crippen molar-refractivity contribution in [3.63, 3.8) is 0 Å². The first-order valence-electron chi connectivity index (χ1n) is 9.43. The minimum absolute atomic E-state index is 0.0987. The molecule has 4 nitrogen and oxygen atoms in total. The average molecular weight is 369 g/mol. The van der Waals surface area contributed by atoms with Gasteiger partial charge in [0.05, 0.1) is 0 Å². The number of carbonyl (C=O) groups is 1. The molecule has 0 radical (unpaired) electrons. The Morgan fingerprint density at radius 2 is 1.63 bits per heavy atom. The smallest absolute Gasteiger partial charge is 0.261 e. The van der Waals surface area contributed by atoms with Crippen molar-refractivity contribution in [3.05, 3.63) is 65.2 Å². The summed E-state index contributed by atoms with van der Waals surface area (Å²) < 4.78 is 5.81. The number of carbonyl (C=O) groups excluding carboxylic acids is 1. The Balaban J connectivity index is 1.93. The molecule has 0 aromatic heterocycles. The van der Waals surface area contributed by atoms with Crippen molar-refractivity contribution in [1.29, 1.82) is 0 Å². The van der Waals surface area contributed by atoms with E-state index in [0.717, 1.165) is 12.1 Å². The summed E-state index contributed by atoms with van der Waals surface area (Å²) in [5.41, 5.74) is 3.68. The number of amides is 1. The third-order valence-electron chi connectivity index (χ3n) is 4.46. The molecule has 0 heterocycles. The summed E-state index contributed by atoms with van der Waals surface area (Å²) in [6.07, 6.45) is -0.550. The Morgan fingerprint density at radius 1 is 1.04 bits per heavy atom. The molecular weight excluding hydrogens is 336 g/mol. The van der Waals surface area contributed by atoms with Crippen LogP contribution in [-0.4, -0.2) is 31.0 Å². The summed E-state index contributed by atoms with van der Waals surface area (Å²) in [5.74, 6) is 0.591. The topological polar surface area (TPSA) is 41.6 Å². The molecule has 0 bridgehead atoms. The lowest BCUT2D eigenvalue weighted by Gasteiger charge is -2.20. The van der Waals surface area contributed by atoms with E-state index in [4.69, 9.17) is 4.74 Å². The van der Waals surface area contributed by atoms with E-state index in [9.17, 15) is 4.79 Å². The van der Waals surface area contributed by atoms with Crippen LogP contribution in [0.25, 0.3) is 0 Å². The van der Waals surface area contributed by atoms with Crippen LogP contribution in [0.2, 0.25) is 0 Å². The van der Waals surface area contributed by atoms with Gasteiger partial charge in [0.25, 0.3) is 5.91 Å². The van der Waals surface area contributed by atoms with E-state index in [1.807, 2.05) is 38.4 Å². The zero-order chi connectivity index (χ0) is 20.0. The van der Waals surface area contributed by atoms with Gasteiger partial charge >= 0.3 is 0 Å². The van der Waals surface area contributed by atoms with Crippen LogP contribution >= 0.6 is 0 Å². The fourth-order valence-corrected chi connectivity index (χ4v) is 2.84. The number of nitrogens with one attached hydrogen (secondary N) is 1. The molecule has 146 valence electrons. The maximum Gasteiger partial charge on any atom is 0.261 e. The minimum atomic E-state index is -0.550. The normalized spacial score (nSPS) is 12.7. The first kappa shape index (κ1) is 21.0. The SMILES string of the molecule is C[C@@H](Oc1ccc(C(C)(C)C)cc1)C(=O)NCc1ccccc1CN(C)C. The average Bonchev–Trinajstić information content (AvgIpc) is 2.60. The Morgan fingerprint density at radius 3 is 2.19 bits per heavy atom. The van der Waals surface area contributed by atoms with E-state index in [2.05, 4.69) is 55.3 Å². The molecular formula is C23H32N2O2. The molecule has 2 aromatic carbocycles. The zero-order valence-corrected chi connectivity index (χ0v) is 17.4. The van der Waals surface area contributed by atoms with E-state index < -0.39 is 6.10 Å². The van der Waals surface area contributed by atoms with E-state index in [0.29, 0.717) is 12.3 Å². The third kappa shape index (κ3) is 6.40. The number of benzene rings is 2. The van der Waals surface area contributed by atoms with E-state index in [1.54, 1.807) is 6.92 Å². The molecule has 1 N–H and O–H groups in total. The van der Waals surface area contributed by atoms with Gasteiger partial charge in [0.2, 0.25) is 0 Å². The third-order valence-corrected chi connectivity index (χ3v) is 4.46. The molecule has 0 unspecified atom stereocenters. The first-order chi connectivity index (χ1) is 12.7. The number of ether oxygens (including phenoxy) is 1. The van der Waals surface area contributed by atoms with Crippen molar-refractivity contribution in [2.75, 3.05) is 14.1 Å². The summed E-state index contributed by atoms with van der Waals surface area (Å²) in [5, 5.41) is 2.99. The van der Waals surface area contributed by atoms with Gasteiger partial charge in [-0.2, -0.15) is 0 Å². The van der Waals surface area contributed by atoms with Gasteiger partial charge in [-0.15, -0.1) is 0 Å². The summed E-state index contributed by atoms with van der Waals surface area (Å²) in [4.78, 5) is 14.6. The second-order valence-electron chi connectivity index (χ2n) is 8.26.